The van der Waals surface area contributed by atoms with Gasteiger partial charge in [0.2, 0.25) is 0 Å². The average molecular weight is 289 g/mol. The predicted octanol–water partition coefficient (Wildman–Crippen LogP) is 2.40. The van der Waals surface area contributed by atoms with Crippen LogP contribution >= 0.6 is 0 Å². The number of nitrogens with zero attached hydrogens (tertiary/aromatic N) is 1. The first-order chi connectivity index (χ1) is 9.45. The molecule has 0 aromatic carbocycles. The van der Waals surface area contributed by atoms with Crippen molar-refractivity contribution in [2.75, 3.05) is 46.6 Å². The topological polar surface area (TPSA) is 41.9 Å². The molecule has 0 aliphatic rings. The largest absolute Gasteiger partial charge is 0.389 e. The maximum atomic E-state index is 10.0. The van der Waals surface area contributed by atoms with Crippen LogP contribution in [0.25, 0.3) is 0 Å². The summed E-state index contributed by atoms with van der Waals surface area (Å²) in [5.41, 5.74) is 0. The SMILES string of the molecule is COCCOCC(O)CN(CCC(C)C)CCC(C)C. The second-order valence-electron chi connectivity index (χ2n) is 6.39. The molecule has 4 nitrogen and oxygen atoms in total. The van der Waals surface area contributed by atoms with Crippen LogP contribution in [0.5, 0.6) is 0 Å². The van der Waals surface area contributed by atoms with Gasteiger partial charge in [0.15, 0.2) is 0 Å². The first kappa shape index (κ1) is 19.8. The fourth-order valence-corrected chi connectivity index (χ4v) is 1.89. The highest BCUT2D eigenvalue weighted by molar-refractivity contribution is 4.66. The van der Waals surface area contributed by atoms with E-state index in [4.69, 9.17) is 9.47 Å². The van der Waals surface area contributed by atoms with Crippen LogP contribution in [0.3, 0.4) is 0 Å². The second-order valence-corrected chi connectivity index (χ2v) is 6.39. The van der Waals surface area contributed by atoms with Crippen LogP contribution in [-0.2, 0) is 9.47 Å². The number of hydrogen-bond donors (Lipinski definition) is 1. The molecule has 0 aromatic heterocycles. The van der Waals surface area contributed by atoms with Gasteiger partial charge in [-0.1, -0.05) is 27.7 Å². The minimum Gasteiger partial charge on any atom is -0.389 e. The number of ether oxygens (including phenoxy) is 2. The molecule has 1 N–H and O–H groups in total. The highest BCUT2D eigenvalue weighted by atomic mass is 16.5. The van der Waals surface area contributed by atoms with Crippen molar-refractivity contribution in [3.63, 3.8) is 0 Å². The summed E-state index contributed by atoms with van der Waals surface area (Å²) in [6.45, 7) is 13.3. The lowest BCUT2D eigenvalue weighted by molar-refractivity contribution is -0.00146. The standard InChI is InChI=1S/C16H35NO3/c1-14(2)6-8-17(9-7-15(3)4)12-16(18)13-20-11-10-19-5/h14-16,18H,6-13H2,1-5H3. The molecule has 0 aromatic rings. The molecule has 122 valence electrons. The summed E-state index contributed by atoms with van der Waals surface area (Å²) in [5.74, 6) is 1.40. The smallest absolute Gasteiger partial charge is 0.0900 e. The Hall–Kier alpha value is -0.160. The fourth-order valence-electron chi connectivity index (χ4n) is 1.89. The van der Waals surface area contributed by atoms with E-state index in [1.807, 2.05) is 0 Å². The van der Waals surface area contributed by atoms with Gasteiger partial charge in [-0.05, 0) is 37.8 Å². The van der Waals surface area contributed by atoms with Crippen LogP contribution < -0.4 is 0 Å². The molecule has 0 fully saturated rings. The molecule has 0 amide bonds. The van der Waals surface area contributed by atoms with Gasteiger partial charge in [-0.15, -0.1) is 0 Å². The van der Waals surface area contributed by atoms with Gasteiger partial charge in [-0.2, -0.15) is 0 Å². The van der Waals surface area contributed by atoms with E-state index in [1.165, 1.54) is 12.8 Å². The third-order valence-electron chi connectivity index (χ3n) is 3.26. The Morgan fingerprint density at radius 2 is 1.50 bits per heavy atom. The predicted molar refractivity (Wildman–Crippen MR) is 84.1 cm³/mol. The molecule has 20 heavy (non-hydrogen) atoms. The van der Waals surface area contributed by atoms with Crippen molar-refractivity contribution >= 4 is 0 Å². The molecule has 4 heteroatoms. The first-order valence-electron chi connectivity index (χ1n) is 7.92. The van der Waals surface area contributed by atoms with Crippen molar-refractivity contribution in [2.24, 2.45) is 11.8 Å². The van der Waals surface area contributed by atoms with E-state index in [-0.39, 0.29) is 0 Å². The third kappa shape index (κ3) is 12.9. The molecular formula is C16H35NO3. The molecule has 0 saturated heterocycles. The number of hydrogen-bond acceptors (Lipinski definition) is 4. The van der Waals surface area contributed by atoms with Gasteiger partial charge in [0.1, 0.15) is 0 Å². The molecular weight excluding hydrogens is 254 g/mol. The molecule has 0 saturated carbocycles. The Morgan fingerprint density at radius 1 is 0.950 bits per heavy atom. The highest BCUT2D eigenvalue weighted by Gasteiger charge is 2.13. The monoisotopic (exact) mass is 289 g/mol. The number of methoxy groups -OCH3 is 1. The molecule has 0 spiro atoms. The molecule has 0 aliphatic heterocycles. The van der Waals surface area contributed by atoms with Gasteiger partial charge in [0.05, 0.1) is 25.9 Å². The Kier molecular flexibility index (Phi) is 12.5. The van der Waals surface area contributed by atoms with Gasteiger partial charge in [0, 0.05) is 13.7 Å². The summed E-state index contributed by atoms with van der Waals surface area (Å²) in [4.78, 5) is 2.37. The normalized spacial score (nSPS) is 13.7. The Bertz CT molecular complexity index is 198. The van der Waals surface area contributed by atoms with Gasteiger partial charge in [-0.3, -0.25) is 0 Å². The van der Waals surface area contributed by atoms with E-state index in [2.05, 4.69) is 32.6 Å². The van der Waals surface area contributed by atoms with Crippen molar-refractivity contribution in [3.8, 4) is 0 Å². The number of aliphatic hydroxyl groups is 1. The number of aliphatic hydroxyl groups excluding tert-OH is 1. The third-order valence-corrected chi connectivity index (χ3v) is 3.26. The summed E-state index contributed by atoms with van der Waals surface area (Å²) in [6.07, 6.45) is 1.94. The average Bonchev–Trinajstić information content (AvgIpc) is 2.37. The van der Waals surface area contributed by atoms with E-state index in [1.54, 1.807) is 7.11 Å². The first-order valence-corrected chi connectivity index (χ1v) is 7.92. The molecule has 0 bridgehead atoms. The van der Waals surface area contributed by atoms with E-state index in [0.717, 1.165) is 13.1 Å². The van der Waals surface area contributed by atoms with Crippen molar-refractivity contribution < 1.29 is 14.6 Å². The lowest BCUT2D eigenvalue weighted by Crippen LogP contribution is -2.37. The van der Waals surface area contributed by atoms with Crippen LogP contribution in [0.1, 0.15) is 40.5 Å². The second kappa shape index (κ2) is 12.6. The summed E-state index contributed by atoms with van der Waals surface area (Å²) in [6, 6.07) is 0. The zero-order valence-electron chi connectivity index (χ0n) is 14.1. The van der Waals surface area contributed by atoms with Crippen molar-refractivity contribution in [1.82, 2.24) is 4.90 Å². The molecule has 0 heterocycles. The van der Waals surface area contributed by atoms with Gasteiger partial charge >= 0.3 is 0 Å². The summed E-state index contributed by atoms with van der Waals surface area (Å²) >= 11 is 0. The molecule has 0 aliphatic carbocycles. The minimum atomic E-state index is -0.411. The Morgan fingerprint density at radius 3 is 1.95 bits per heavy atom. The van der Waals surface area contributed by atoms with Gasteiger partial charge in [0.25, 0.3) is 0 Å². The number of rotatable bonds is 13. The maximum Gasteiger partial charge on any atom is 0.0900 e. The van der Waals surface area contributed by atoms with Crippen LogP contribution in [0.15, 0.2) is 0 Å². The zero-order chi connectivity index (χ0) is 15.4. The van der Waals surface area contributed by atoms with Gasteiger partial charge < -0.3 is 19.5 Å². The van der Waals surface area contributed by atoms with E-state index in [9.17, 15) is 5.11 Å². The highest BCUT2D eigenvalue weighted by Crippen LogP contribution is 2.07. The van der Waals surface area contributed by atoms with E-state index in [0.29, 0.717) is 38.2 Å². The maximum absolute atomic E-state index is 10.0. The molecule has 1 unspecified atom stereocenters. The van der Waals surface area contributed by atoms with Crippen LogP contribution in [0, 0.1) is 11.8 Å². The molecule has 1 atom stereocenters. The summed E-state index contributed by atoms with van der Waals surface area (Å²) < 4.78 is 10.3. The fraction of sp³-hybridized carbons (Fsp3) is 1.00. The minimum absolute atomic E-state index is 0.392. The van der Waals surface area contributed by atoms with E-state index < -0.39 is 6.10 Å². The van der Waals surface area contributed by atoms with Crippen molar-refractivity contribution in [1.29, 1.82) is 0 Å². The van der Waals surface area contributed by atoms with Crippen LogP contribution in [0.4, 0.5) is 0 Å². The van der Waals surface area contributed by atoms with Crippen LogP contribution in [-0.4, -0.2) is 62.7 Å². The summed E-state index contributed by atoms with van der Waals surface area (Å²) in [7, 11) is 1.65. The van der Waals surface area contributed by atoms with Crippen molar-refractivity contribution in [2.45, 2.75) is 46.6 Å². The Balaban J connectivity index is 3.97. The summed E-state index contributed by atoms with van der Waals surface area (Å²) in [5, 5.41) is 10.0. The zero-order valence-corrected chi connectivity index (χ0v) is 14.1. The lowest BCUT2D eigenvalue weighted by atomic mass is 10.1. The van der Waals surface area contributed by atoms with Gasteiger partial charge in [-0.25, -0.2) is 0 Å². The quantitative estimate of drug-likeness (QED) is 0.529. The van der Waals surface area contributed by atoms with Crippen LogP contribution in [0.2, 0.25) is 0 Å². The lowest BCUT2D eigenvalue weighted by Gasteiger charge is -2.26. The Labute approximate surface area is 125 Å². The molecule has 0 rings (SSSR count). The van der Waals surface area contributed by atoms with E-state index >= 15 is 0 Å². The van der Waals surface area contributed by atoms with Crippen molar-refractivity contribution in [3.05, 3.63) is 0 Å². The molecule has 0 radical (unpaired) electrons.